The normalized spacial score (nSPS) is 45.8. The van der Waals surface area contributed by atoms with Crippen LogP contribution in [0, 0.1) is 5.92 Å². The Morgan fingerprint density at radius 3 is 2.31 bits per heavy atom. The van der Waals surface area contributed by atoms with Gasteiger partial charge in [-0.2, -0.15) is 0 Å². The van der Waals surface area contributed by atoms with E-state index in [0.717, 1.165) is 13.4 Å². The van der Waals surface area contributed by atoms with Crippen LogP contribution in [0.3, 0.4) is 0 Å². The van der Waals surface area contributed by atoms with E-state index >= 15 is 0 Å². The summed E-state index contributed by atoms with van der Waals surface area (Å²) in [5.41, 5.74) is -1.91. The Hall–Kier alpha value is -1.77. The summed E-state index contributed by atoms with van der Waals surface area (Å²) in [7, 11) is 1.10. The van der Waals surface area contributed by atoms with Crippen molar-refractivity contribution >= 4 is 5.97 Å². The monoisotopic (exact) mass is 566 g/mol. The Bertz CT molecular complexity index is 954. The van der Waals surface area contributed by atoms with Crippen molar-refractivity contribution in [2.75, 3.05) is 33.5 Å². The summed E-state index contributed by atoms with van der Waals surface area (Å²) in [4.78, 5) is 12.4. The molecule has 0 bridgehead atoms. The minimum atomic E-state index is -2.35. The van der Waals surface area contributed by atoms with Gasteiger partial charge < -0.3 is 74.4 Å². The Morgan fingerprint density at radius 2 is 1.69 bits per heavy atom. The summed E-state index contributed by atoms with van der Waals surface area (Å²) in [6.07, 6.45) is -11.9. The first-order valence-electron chi connectivity index (χ1n) is 12.2. The fourth-order valence-electron chi connectivity index (χ4n) is 5.20. The van der Waals surface area contributed by atoms with Crippen molar-refractivity contribution < 1.29 is 79.2 Å². The molecule has 2 saturated heterocycles. The molecule has 2 fully saturated rings. The predicted molar refractivity (Wildman–Crippen MR) is 121 cm³/mol. The van der Waals surface area contributed by atoms with Crippen molar-refractivity contribution in [2.24, 2.45) is 5.92 Å². The van der Waals surface area contributed by atoms with E-state index < -0.39 is 98.4 Å². The molecule has 0 aromatic heterocycles. The molecule has 12 unspecified atom stereocenters. The molecule has 0 amide bonds. The average molecular weight is 567 g/mol. The van der Waals surface area contributed by atoms with Gasteiger partial charge in [0, 0.05) is 0 Å². The first kappa shape index (κ1) is 30.2. The van der Waals surface area contributed by atoms with Gasteiger partial charge in [0.2, 0.25) is 12.1 Å². The van der Waals surface area contributed by atoms with Crippen molar-refractivity contribution in [3.63, 3.8) is 0 Å². The Kier molecular flexibility index (Phi) is 8.99. The van der Waals surface area contributed by atoms with Crippen LogP contribution in [-0.4, -0.2) is 152 Å². The second kappa shape index (κ2) is 11.6. The van der Waals surface area contributed by atoms with Crippen LogP contribution >= 0.6 is 0 Å². The molecule has 16 heteroatoms. The quantitative estimate of drug-likeness (QED) is 0.0933. The van der Waals surface area contributed by atoms with E-state index in [1.165, 1.54) is 6.08 Å². The van der Waals surface area contributed by atoms with Crippen molar-refractivity contribution in [3.8, 4) is 0 Å². The lowest BCUT2D eigenvalue weighted by molar-refractivity contribution is -0.343. The second-order valence-electron chi connectivity index (χ2n) is 9.86. The summed E-state index contributed by atoms with van der Waals surface area (Å²) in [5.74, 6) is -4.44. The summed E-state index contributed by atoms with van der Waals surface area (Å²) in [6.45, 7) is -2.38. The fraction of sp³-hybridized carbons (Fsp3) is 0.783. The molecule has 0 radical (unpaired) electrons. The molecule has 3 heterocycles. The highest BCUT2D eigenvalue weighted by atomic mass is 16.8. The summed E-state index contributed by atoms with van der Waals surface area (Å²) < 4.78 is 32.0. The number of esters is 1. The van der Waals surface area contributed by atoms with E-state index in [2.05, 4.69) is 0 Å². The molecule has 16 nitrogen and oxygen atoms in total. The van der Waals surface area contributed by atoms with E-state index in [0.29, 0.717) is 0 Å². The fourth-order valence-corrected chi connectivity index (χ4v) is 5.20. The van der Waals surface area contributed by atoms with Gasteiger partial charge >= 0.3 is 5.97 Å². The lowest BCUT2D eigenvalue weighted by Gasteiger charge is -2.45. The molecule has 39 heavy (non-hydrogen) atoms. The van der Waals surface area contributed by atoms with Gasteiger partial charge in [0.1, 0.15) is 60.5 Å². The number of methoxy groups -OCH3 is 1. The molecule has 0 spiro atoms. The van der Waals surface area contributed by atoms with Gasteiger partial charge in [0.25, 0.3) is 0 Å². The maximum absolute atomic E-state index is 12.4. The number of fused-ring (bicyclic) bond motifs is 1. The number of hydrogen-bond acceptors (Lipinski definition) is 16. The van der Waals surface area contributed by atoms with E-state index in [-0.39, 0.29) is 24.2 Å². The molecule has 9 N–H and O–H groups in total. The Labute approximate surface area is 221 Å². The van der Waals surface area contributed by atoms with Gasteiger partial charge in [-0.1, -0.05) is 6.08 Å². The summed E-state index contributed by atoms with van der Waals surface area (Å²) in [5, 5.41) is 91.4. The first-order chi connectivity index (χ1) is 18.4. The largest absolute Gasteiger partial charge is 0.471 e. The molecule has 12 atom stereocenters. The van der Waals surface area contributed by atoms with Gasteiger partial charge in [0.15, 0.2) is 6.29 Å². The third kappa shape index (κ3) is 5.33. The van der Waals surface area contributed by atoms with Gasteiger partial charge in [-0.15, -0.1) is 0 Å². The third-order valence-corrected chi connectivity index (χ3v) is 7.45. The van der Waals surface area contributed by atoms with Gasteiger partial charge in [-0.3, -0.25) is 0 Å². The summed E-state index contributed by atoms with van der Waals surface area (Å²) >= 11 is 0. The zero-order valence-corrected chi connectivity index (χ0v) is 20.8. The molecule has 222 valence electrons. The molecule has 4 rings (SSSR count). The van der Waals surface area contributed by atoms with Crippen LogP contribution in [0.15, 0.2) is 23.5 Å². The van der Waals surface area contributed by atoms with Crippen LogP contribution in [0.4, 0.5) is 0 Å². The van der Waals surface area contributed by atoms with Crippen molar-refractivity contribution in [1.29, 1.82) is 0 Å². The minimum absolute atomic E-state index is 0.135. The smallest absolute Gasteiger partial charge is 0.339 e. The summed E-state index contributed by atoms with van der Waals surface area (Å²) in [6, 6.07) is 0. The zero-order valence-electron chi connectivity index (χ0n) is 20.8. The predicted octanol–water partition coefficient (Wildman–Crippen LogP) is -5.29. The third-order valence-electron chi connectivity index (χ3n) is 7.45. The zero-order chi connectivity index (χ0) is 28.7. The molecule has 1 aliphatic carbocycles. The van der Waals surface area contributed by atoms with Gasteiger partial charge in [-0.05, 0) is 12.0 Å². The van der Waals surface area contributed by atoms with Crippen LogP contribution in [0.2, 0.25) is 0 Å². The van der Waals surface area contributed by atoms with Crippen molar-refractivity contribution in [2.45, 2.75) is 73.1 Å². The molecule has 0 aromatic rings. The van der Waals surface area contributed by atoms with Crippen molar-refractivity contribution in [1.82, 2.24) is 0 Å². The number of ether oxygens (including phenoxy) is 6. The molecule has 0 saturated carbocycles. The molecular formula is C23H34O16. The van der Waals surface area contributed by atoms with Crippen LogP contribution in [-0.2, 0) is 33.2 Å². The maximum Gasteiger partial charge on any atom is 0.339 e. The first-order valence-corrected chi connectivity index (χ1v) is 12.2. The Morgan fingerprint density at radius 1 is 1.00 bits per heavy atom. The topological polar surface area (TPSA) is 255 Å². The Balaban J connectivity index is 1.52. The number of aliphatic hydroxyl groups is 9. The van der Waals surface area contributed by atoms with Crippen LogP contribution < -0.4 is 0 Å². The molecule has 3 aliphatic heterocycles. The van der Waals surface area contributed by atoms with Crippen LogP contribution in [0.5, 0.6) is 0 Å². The molecule has 4 aliphatic rings. The van der Waals surface area contributed by atoms with Crippen LogP contribution in [0.25, 0.3) is 0 Å². The molecule has 0 aromatic carbocycles. The minimum Gasteiger partial charge on any atom is -0.471 e. The highest BCUT2D eigenvalue weighted by Crippen LogP contribution is 2.48. The SMILES string of the molecule is COC(=O)C1=COC(OC2OC(CO)C(O)C(O)C2O)C2C(COCC3(O)OC(CO)C(O)C3O)=CCC12O. The van der Waals surface area contributed by atoms with E-state index in [1.54, 1.807) is 0 Å². The standard InChI is InChI=1S/C23H34O16/c1-34-19(31)10-7-36-20(38-21-17(29)16(28)14(26)11(4-24)37-21)13-9(2-3-22(10,13)32)6-35-8-23(33)18(30)15(27)12(5-25)39-23/h2,7,11-18,20-21,24-30,32-33H,3-6,8H2,1H3. The number of aliphatic hydroxyl groups excluding tert-OH is 7. The van der Waals surface area contributed by atoms with E-state index in [9.17, 15) is 50.8 Å². The average Bonchev–Trinajstić information content (AvgIpc) is 3.38. The van der Waals surface area contributed by atoms with Crippen LogP contribution in [0.1, 0.15) is 6.42 Å². The lowest BCUT2D eigenvalue weighted by atomic mass is 9.79. The van der Waals surface area contributed by atoms with Gasteiger partial charge in [-0.25, -0.2) is 4.79 Å². The number of carbonyl (C=O) groups is 1. The van der Waals surface area contributed by atoms with E-state index in [4.69, 9.17) is 28.4 Å². The number of carbonyl (C=O) groups excluding carboxylic acids is 1. The van der Waals surface area contributed by atoms with E-state index in [1.807, 2.05) is 0 Å². The second-order valence-corrected chi connectivity index (χ2v) is 9.86. The maximum atomic E-state index is 12.4. The number of hydrogen-bond donors (Lipinski definition) is 9. The van der Waals surface area contributed by atoms with Crippen molar-refractivity contribution in [3.05, 3.63) is 23.5 Å². The van der Waals surface area contributed by atoms with Gasteiger partial charge in [0.05, 0.1) is 39.1 Å². The highest BCUT2D eigenvalue weighted by molar-refractivity contribution is 5.91. The number of rotatable bonds is 9. The highest BCUT2D eigenvalue weighted by Gasteiger charge is 2.58. The molecular weight excluding hydrogens is 532 g/mol. The lowest BCUT2D eigenvalue weighted by Crippen LogP contribution is -2.61.